The van der Waals surface area contributed by atoms with E-state index < -0.39 is 35.4 Å². The number of aliphatic hydroxyl groups excluding tert-OH is 1. The summed E-state index contributed by atoms with van der Waals surface area (Å²) in [6.45, 7) is 5.43. The highest BCUT2D eigenvalue weighted by atomic mass is 16.5. The van der Waals surface area contributed by atoms with Crippen molar-refractivity contribution in [2.45, 2.75) is 45.9 Å². The van der Waals surface area contributed by atoms with Gasteiger partial charge in [-0.2, -0.15) is 0 Å². The normalized spacial score (nSPS) is 14.3. The van der Waals surface area contributed by atoms with E-state index in [0.29, 0.717) is 13.0 Å². The second kappa shape index (κ2) is 11.6. The number of carbonyl (C=O) groups excluding carboxylic acids is 1. The zero-order valence-corrected chi connectivity index (χ0v) is 19.2. The summed E-state index contributed by atoms with van der Waals surface area (Å²) in [7, 11) is 1.61. The van der Waals surface area contributed by atoms with Crippen LogP contribution in [0.3, 0.4) is 0 Å². The van der Waals surface area contributed by atoms with E-state index in [4.69, 9.17) is 4.74 Å². The van der Waals surface area contributed by atoms with E-state index in [9.17, 15) is 19.8 Å². The van der Waals surface area contributed by atoms with Crippen LogP contribution in [0.2, 0.25) is 0 Å². The van der Waals surface area contributed by atoms with Crippen LogP contribution >= 0.6 is 0 Å². The van der Waals surface area contributed by atoms with E-state index in [2.05, 4.69) is 10.6 Å². The third-order valence-corrected chi connectivity index (χ3v) is 5.93. The Kier molecular flexibility index (Phi) is 9.23. The Balaban J connectivity index is 2.06. The van der Waals surface area contributed by atoms with Gasteiger partial charge < -0.3 is 25.6 Å². The van der Waals surface area contributed by atoms with Gasteiger partial charge in [-0.25, -0.2) is 0 Å². The molecule has 3 atom stereocenters. The first-order valence-electron chi connectivity index (χ1n) is 10.7. The first kappa shape index (κ1) is 25.4. The van der Waals surface area contributed by atoms with Gasteiger partial charge in [0.25, 0.3) is 0 Å². The van der Waals surface area contributed by atoms with Crippen LogP contribution < -0.4 is 15.4 Å². The molecule has 0 aromatic heterocycles. The maximum Gasteiger partial charge on any atom is 0.309 e. The molecule has 2 rings (SSSR count). The number of benzene rings is 2. The molecule has 2 aromatic rings. The Hall–Kier alpha value is -2.90. The van der Waals surface area contributed by atoms with Crippen molar-refractivity contribution in [1.29, 1.82) is 0 Å². The first-order chi connectivity index (χ1) is 15.1. The zero-order chi connectivity index (χ0) is 23.7. The minimum Gasteiger partial charge on any atom is -0.497 e. The quantitative estimate of drug-likeness (QED) is 0.403. The minimum absolute atomic E-state index is 0.256. The van der Waals surface area contributed by atoms with Crippen LogP contribution in [-0.4, -0.2) is 47.9 Å². The molecule has 0 unspecified atom stereocenters. The van der Waals surface area contributed by atoms with Crippen molar-refractivity contribution < 1.29 is 24.5 Å². The maximum absolute atomic E-state index is 12.8. The van der Waals surface area contributed by atoms with E-state index in [1.54, 1.807) is 14.0 Å². The Labute approximate surface area is 189 Å². The van der Waals surface area contributed by atoms with E-state index in [-0.39, 0.29) is 6.54 Å². The lowest BCUT2D eigenvalue weighted by Crippen LogP contribution is -2.52. The number of aliphatic carboxylic acids is 1. The number of amides is 1. The predicted octanol–water partition coefficient (Wildman–Crippen LogP) is 2.62. The Morgan fingerprint density at radius 2 is 1.72 bits per heavy atom. The third kappa shape index (κ3) is 7.07. The average Bonchev–Trinajstić information content (AvgIpc) is 2.78. The van der Waals surface area contributed by atoms with Crippen molar-refractivity contribution in [2.75, 3.05) is 13.7 Å². The summed E-state index contributed by atoms with van der Waals surface area (Å²) in [5.41, 5.74) is 0.753. The van der Waals surface area contributed by atoms with Gasteiger partial charge in [-0.1, -0.05) is 49.4 Å². The molecule has 0 radical (unpaired) electrons. The van der Waals surface area contributed by atoms with E-state index in [0.717, 1.165) is 16.9 Å². The Morgan fingerprint density at radius 1 is 1.06 bits per heavy atom. The fraction of sp³-hybridized carbons (Fsp3) is 0.440. The van der Waals surface area contributed by atoms with Crippen LogP contribution in [0.25, 0.3) is 0 Å². The lowest BCUT2D eigenvalue weighted by atomic mass is 9.79. The van der Waals surface area contributed by atoms with Gasteiger partial charge in [0, 0.05) is 13.1 Å². The van der Waals surface area contributed by atoms with E-state index in [1.807, 2.05) is 54.6 Å². The molecule has 1 amide bonds. The molecule has 32 heavy (non-hydrogen) atoms. The second-order valence-electron chi connectivity index (χ2n) is 8.60. The molecule has 0 bridgehead atoms. The van der Waals surface area contributed by atoms with Crippen molar-refractivity contribution in [1.82, 2.24) is 10.6 Å². The molecule has 0 aliphatic rings. The zero-order valence-electron chi connectivity index (χ0n) is 19.2. The van der Waals surface area contributed by atoms with Gasteiger partial charge in [-0.05, 0) is 43.5 Å². The molecule has 0 spiro atoms. The van der Waals surface area contributed by atoms with Gasteiger partial charge >= 0.3 is 5.97 Å². The summed E-state index contributed by atoms with van der Waals surface area (Å²) in [4.78, 5) is 24.4. The monoisotopic (exact) mass is 442 g/mol. The molecule has 2 aromatic carbocycles. The maximum atomic E-state index is 12.8. The Bertz CT molecular complexity index is 885. The number of methoxy groups -OCH3 is 1. The number of nitrogens with one attached hydrogen (secondary N) is 2. The summed E-state index contributed by atoms with van der Waals surface area (Å²) >= 11 is 0. The number of hydrogen-bond acceptors (Lipinski definition) is 5. The largest absolute Gasteiger partial charge is 0.497 e. The molecular formula is C25H34N2O5. The van der Waals surface area contributed by atoms with Gasteiger partial charge in [0.15, 0.2) is 0 Å². The topological polar surface area (TPSA) is 108 Å². The fourth-order valence-corrected chi connectivity index (χ4v) is 3.26. The van der Waals surface area contributed by atoms with Gasteiger partial charge in [0.05, 0.1) is 30.6 Å². The van der Waals surface area contributed by atoms with Crippen molar-refractivity contribution in [3.8, 4) is 5.75 Å². The van der Waals surface area contributed by atoms with Crippen LogP contribution in [0.15, 0.2) is 54.6 Å². The number of carbonyl (C=O) groups is 2. The number of ether oxygens (including phenoxy) is 1. The summed E-state index contributed by atoms with van der Waals surface area (Å²) in [6, 6.07) is 16.6. The molecule has 7 heteroatoms. The lowest BCUT2D eigenvalue weighted by molar-refractivity contribution is -0.153. The predicted molar refractivity (Wildman–Crippen MR) is 123 cm³/mol. The van der Waals surface area contributed by atoms with Gasteiger partial charge in [0.2, 0.25) is 5.91 Å². The lowest BCUT2D eigenvalue weighted by Gasteiger charge is -2.30. The molecule has 0 aliphatic heterocycles. The number of aliphatic hydroxyl groups is 1. The minimum atomic E-state index is -1.23. The fourth-order valence-electron chi connectivity index (χ4n) is 3.26. The van der Waals surface area contributed by atoms with E-state index >= 15 is 0 Å². The SMILES string of the molecule is COc1cccc(CNC[C@H](O)[C@H](Cc2ccccc2)NC(=O)[C@H](C)C(C)(C)C(=O)O)c1. The summed E-state index contributed by atoms with van der Waals surface area (Å²) < 4.78 is 5.23. The summed E-state index contributed by atoms with van der Waals surface area (Å²) in [5.74, 6) is -1.45. The number of rotatable bonds is 12. The standard InChI is InChI=1S/C25H34N2O5/c1-17(25(2,3)24(30)31)23(29)27-21(14-18-9-6-5-7-10-18)22(28)16-26-15-19-11-8-12-20(13-19)32-4/h5-13,17,21-22,26,28H,14-16H2,1-4H3,(H,27,29)(H,30,31)/t17-,21-,22-/m0/s1. The second-order valence-corrected chi connectivity index (χ2v) is 8.60. The molecule has 174 valence electrons. The summed E-state index contributed by atoms with van der Waals surface area (Å²) in [5, 5.41) is 26.4. The van der Waals surface area contributed by atoms with Crippen molar-refractivity contribution in [2.24, 2.45) is 11.3 Å². The van der Waals surface area contributed by atoms with Crippen LogP contribution in [0.1, 0.15) is 31.9 Å². The number of hydrogen-bond donors (Lipinski definition) is 4. The highest BCUT2D eigenvalue weighted by Gasteiger charge is 2.39. The molecule has 0 heterocycles. The first-order valence-corrected chi connectivity index (χ1v) is 10.7. The molecule has 4 N–H and O–H groups in total. The molecule has 7 nitrogen and oxygen atoms in total. The van der Waals surface area contributed by atoms with Crippen LogP contribution in [0.5, 0.6) is 5.75 Å². The van der Waals surface area contributed by atoms with Crippen molar-refractivity contribution >= 4 is 11.9 Å². The molecule has 0 fully saturated rings. The highest BCUT2D eigenvalue weighted by Crippen LogP contribution is 2.27. The molecule has 0 saturated carbocycles. The van der Waals surface area contributed by atoms with Gasteiger partial charge in [-0.15, -0.1) is 0 Å². The highest BCUT2D eigenvalue weighted by molar-refractivity contribution is 5.86. The van der Waals surface area contributed by atoms with Crippen molar-refractivity contribution in [3.05, 3.63) is 65.7 Å². The third-order valence-electron chi connectivity index (χ3n) is 5.93. The summed E-state index contributed by atoms with van der Waals surface area (Å²) in [6.07, 6.45) is -0.445. The van der Waals surface area contributed by atoms with E-state index in [1.165, 1.54) is 13.8 Å². The molecule has 0 aliphatic carbocycles. The average molecular weight is 443 g/mol. The van der Waals surface area contributed by atoms with Gasteiger partial charge in [0.1, 0.15) is 5.75 Å². The van der Waals surface area contributed by atoms with Gasteiger partial charge in [-0.3, -0.25) is 9.59 Å². The molecule has 0 saturated heterocycles. The van der Waals surface area contributed by atoms with Crippen LogP contribution in [0, 0.1) is 11.3 Å². The number of carboxylic acids is 1. The smallest absolute Gasteiger partial charge is 0.309 e. The van der Waals surface area contributed by atoms with Crippen LogP contribution in [0.4, 0.5) is 0 Å². The van der Waals surface area contributed by atoms with Crippen molar-refractivity contribution in [3.63, 3.8) is 0 Å². The number of carboxylic acid groups (broad SMARTS) is 1. The Morgan fingerprint density at radius 3 is 2.34 bits per heavy atom. The molecular weight excluding hydrogens is 408 g/mol. The van der Waals surface area contributed by atoms with Crippen LogP contribution in [-0.2, 0) is 22.6 Å².